The molecule has 0 radical (unpaired) electrons. The number of carbonyl (C=O) groups is 1. The lowest BCUT2D eigenvalue weighted by Gasteiger charge is -2.28. The SMILES string of the molecule is COc1cc(F)cc([C@@H](CO)NC(=O)[C@@H](C)N2Cc3ccc(-c4nc(N[C@@H](C)CO)ncc4Cl)cc3C2O)c1. The van der Waals surface area contributed by atoms with Gasteiger partial charge in [-0.25, -0.2) is 14.4 Å². The van der Waals surface area contributed by atoms with Gasteiger partial charge in [0.05, 0.1) is 49.3 Å². The molecule has 1 aliphatic heterocycles. The van der Waals surface area contributed by atoms with Crippen molar-refractivity contribution in [3.05, 3.63) is 70.1 Å². The lowest BCUT2D eigenvalue weighted by atomic mass is 10.0. The molecule has 39 heavy (non-hydrogen) atoms. The van der Waals surface area contributed by atoms with Gasteiger partial charge < -0.3 is 30.7 Å². The predicted octanol–water partition coefficient (Wildman–Crippen LogP) is 2.78. The Labute approximate surface area is 230 Å². The number of carbonyl (C=O) groups excluding carboxylic acids is 1. The summed E-state index contributed by atoms with van der Waals surface area (Å²) in [6, 6.07) is 7.51. The average Bonchev–Trinajstić information content (AvgIpc) is 3.27. The van der Waals surface area contributed by atoms with Crippen LogP contribution < -0.4 is 15.4 Å². The number of halogens is 2. The average molecular weight is 560 g/mol. The van der Waals surface area contributed by atoms with Crippen LogP contribution >= 0.6 is 11.6 Å². The van der Waals surface area contributed by atoms with Crippen LogP contribution in [0.2, 0.25) is 5.02 Å². The van der Waals surface area contributed by atoms with Crippen LogP contribution in [0, 0.1) is 5.82 Å². The second-order valence-corrected chi connectivity index (χ2v) is 9.83. The molecule has 0 saturated carbocycles. The number of nitrogens with one attached hydrogen (secondary N) is 2. The molecule has 5 N–H and O–H groups in total. The summed E-state index contributed by atoms with van der Waals surface area (Å²) in [4.78, 5) is 23.4. The van der Waals surface area contributed by atoms with Gasteiger partial charge in [-0.1, -0.05) is 23.7 Å². The van der Waals surface area contributed by atoms with E-state index in [2.05, 4.69) is 20.6 Å². The van der Waals surface area contributed by atoms with Gasteiger partial charge in [0.2, 0.25) is 11.9 Å². The maximum Gasteiger partial charge on any atom is 0.237 e. The van der Waals surface area contributed by atoms with Gasteiger partial charge in [0.15, 0.2) is 0 Å². The number of methoxy groups -OCH3 is 1. The van der Waals surface area contributed by atoms with Gasteiger partial charge in [0, 0.05) is 29.8 Å². The zero-order valence-electron chi connectivity index (χ0n) is 21.7. The maximum absolute atomic E-state index is 14.0. The molecule has 0 bridgehead atoms. The highest BCUT2D eigenvalue weighted by atomic mass is 35.5. The first kappa shape index (κ1) is 28.7. The van der Waals surface area contributed by atoms with Crippen molar-refractivity contribution in [3.8, 4) is 17.0 Å². The van der Waals surface area contributed by atoms with E-state index < -0.39 is 36.6 Å². The predicted molar refractivity (Wildman–Crippen MR) is 144 cm³/mol. The number of ether oxygens (including phenoxy) is 1. The minimum Gasteiger partial charge on any atom is -0.497 e. The molecule has 3 aromatic rings. The Morgan fingerprint density at radius 3 is 2.69 bits per heavy atom. The van der Waals surface area contributed by atoms with Crippen LogP contribution in [0.3, 0.4) is 0 Å². The number of aliphatic hydroxyl groups excluding tert-OH is 3. The largest absolute Gasteiger partial charge is 0.497 e. The van der Waals surface area contributed by atoms with Crippen LogP contribution in [0.5, 0.6) is 5.75 Å². The fourth-order valence-corrected chi connectivity index (χ4v) is 4.62. The molecule has 12 heteroatoms. The van der Waals surface area contributed by atoms with Gasteiger partial charge in [-0.3, -0.25) is 9.69 Å². The van der Waals surface area contributed by atoms with Crippen molar-refractivity contribution in [2.24, 2.45) is 0 Å². The summed E-state index contributed by atoms with van der Waals surface area (Å²) in [5.41, 5.74) is 2.90. The van der Waals surface area contributed by atoms with Crippen molar-refractivity contribution < 1.29 is 29.2 Å². The van der Waals surface area contributed by atoms with Crippen molar-refractivity contribution in [1.29, 1.82) is 0 Å². The Morgan fingerprint density at radius 1 is 1.23 bits per heavy atom. The normalized spacial score (nSPS) is 17.3. The molecular formula is C27H31ClFN5O5. The highest BCUT2D eigenvalue weighted by Crippen LogP contribution is 2.37. The molecule has 4 rings (SSSR count). The maximum atomic E-state index is 14.0. The quantitative estimate of drug-likeness (QED) is 0.253. The standard InChI is InChI=1S/C27H31ClFN5O5/c1-14(12-35)31-27-30-10-22(28)24(33-27)16-4-5-17-11-34(26(38)21(17)8-16)15(2)25(37)32-23(13-36)18-6-19(29)9-20(7-18)39-3/h4-10,14-15,23,26,35-36,38H,11-13H2,1-3H3,(H,32,37)(H,30,31,33)/t14-,15+,23+,26?/m0/s1. The number of rotatable bonds is 10. The van der Waals surface area contributed by atoms with Gasteiger partial charge in [-0.05, 0) is 43.2 Å². The Hall–Kier alpha value is -3.35. The zero-order valence-corrected chi connectivity index (χ0v) is 22.5. The molecule has 1 unspecified atom stereocenters. The Bertz CT molecular complexity index is 1350. The molecule has 2 aromatic carbocycles. The van der Waals surface area contributed by atoms with Gasteiger partial charge in [-0.15, -0.1) is 0 Å². The fraction of sp³-hybridized carbons (Fsp3) is 0.370. The molecule has 4 atom stereocenters. The summed E-state index contributed by atoms with van der Waals surface area (Å²) in [7, 11) is 1.40. The Balaban J connectivity index is 1.51. The molecule has 1 amide bonds. The molecule has 10 nitrogen and oxygen atoms in total. The van der Waals surface area contributed by atoms with Crippen molar-refractivity contribution >= 4 is 23.5 Å². The third kappa shape index (κ3) is 6.29. The smallest absolute Gasteiger partial charge is 0.237 e. The van der Waals surface area contributed by atoms with E-state index in [0.717, 1.165) is 5.56 Å². The lowest BCUT2D eigenvalue weighted by molar-refractivity contribution is -0.131. The summed E-state index contributed by atoms with van der Waals surface area (Å²) in [6.07, 6.45) is 0.375. The molecule has 0 fully saturated rings. The first-order valence-corrected chi connectivity index (χ1v) is 12.8. The van der Waals surface area contributed by atoms with Crippen molar-refractivity contribution in [3.63, 3.8) is 0 Å². The molecule has 0 spiro atoms. The van der Waals surface area contributed by atoms with Crippen molar-refractivity contribution in [2.75, 3.05) is 25.6 Å². The van der Waals surface area contributed by atoms with Gasteiger partial charge in [0.25, 0.3) is 0 Å². The third-order valence-electron chi connectivity index (χ3n) is 6.67. The van der Waals surface area contributed by atoms with E-state index in [0.29, 0.717) is 39.9 Å². The molecule has 1 aromatic heterocycles. The summed E-state index contributed by atoms with van der Waals surface area (Å²) in [5, 5.41) is 36.4. The van der Waals surface area contributed by atoms with Gasteiger partial charge >= 0.3 is 0 Å². The summed E-state index contributed by atoms with van der Waals surface area (Å²) < 4.78 is 19.1. The van der Waals surface area contributed by atoms with Crippen LogP contribution in [-0.2, 0) is 11.3 Å². The van der Waals surface area contributed by atoms with E-state index in [9.17, 15) is 24.5 Å². The number of benzene rings is 2. The van der Waals surface area contributed by atoms with Crippen LogP contribution in [0.4, 0.5) is 10.3 Å². The number of anilines is 1. The fourth-order valence-electron chi connectivity index (χ4n) is 4.42. The summed E-state index contributed by atoms with van der Waals surface area (Å²) in [5.74, 6) is -0.433. The molecule has 0 aliphatic carbocycles. The second-order valence-electron chi connectivity index (χ2n) is 9.42. The number of hydrogen-bond acceptors (Lipinski definition) is 9. The number of fused-ring (bicyclic) bond motifs is 1. The summed E-state index contributed by atoms with van der Waals surface area (Å²) in [6.45, 7) is 3.19. The Morgan fingerprint density at radius 2 is 2.00 bits per heavy atom. The van der Waals surface area contributed by atoms with Crippen LogP contribution in [-0.4, -0.2) is 68.5 Å². The van der Waals surface area contributed by atoms with Crippen molar-refractivity contribution in [2.45, 2.75) is 44.7 Å². The molecular weight excluding hydrogens is 529 g/mol. The molecule has 208 valence electrons. The van der Waals surface area contributed by atoms with E-state index in [4.69, 9.17) is 16.3 Å². The lowest BCUT2D eigenvalue weighted by Crippen LogP contribution is -2.46. The van der Waals surface area contributed by atoms with Gasteiger partial charge in [0.1, 0.15) is 17.8 Å². The van der Waals surface area contributed by atoms with Crippen LogP contribution in [0.25, 0.3) is 11.3 Å². The van der Waals surface area contributed by atoms with Gasteiger partial charge in [-0.2, -0.15) is 0 Å². The highest BCUT2D eigenvalue weighted by molar-refractivity contribution is 6.32. The first-order chi connectivity index (χ1) is 18.6. The van der Waals surface area contributed by atoms with E-state index in [1.807, 2.05) is 12.1 Å². The summed E-state index contributed by atoms with van der Waals surface area (Å²) >= 11 is 6.37. The Kier molecular flexibility index (Phi) is 8.98. The third-order valence-corrected chi connectivity index (χ3v) is 6.94. The van der Waals surface area contributed by atoms with E-state index in [1.165, 1.54) is 25.4 Å². The second kappa shape index (κ2) is 12.2. The monoisotopic (exact) mass is 559 g/mol. The van der Waals surface area contributed by atoms with E-state index in [-0.39, 0.29) is 18.4 Å². The number of aromatic nitrogens is 2. The van der Waals surface area contributed by atoms with E-state index in [1.54, 1.807) is 30.9 Å². The van der Waals surface area contributed by atoms with Crippen molar-refractivity contribution in [1.82, 2.24) is 20.2 Å². The molecule has 1 aliphatic rings. The zero-order chi connectivity index (χ0) is 28.3. The number of nitrogens with zero attached hydrogens (tertiary/aromatic N) is 3. The minimum absolute atomic E-state index is 0.0938. The van der Waals surface area contributed by atoms with E-state index >= 15 is 0 Å². The number of hydrogen-bond donors (Lipinski definition) is 5. The minimum atomic E-state index is -1.09. The number of aliphatic hydroxyl groups is 3. The topological polar surface area (TPSA) is 140 Å². The van der Waals surface area contributed by atoms with Crippen LogP contribution in [0.1, 0.15) is 42.8 Å². The highest BCUT2D eigenvalue weighted by Gasteiger charge is 2.36. The molecule has 0 saturated heterocycles. The molecule has 2 heterocycles. The van der Waals surface area contributed by atoms with Crippen LogP contribution in [0.15, 0.2) is 42.6 Å². The first-order valence-electron chi connectivity index (χ1n) is 12.4. The number of amides is 1.